The minimum Gasteiger partial charge on any atom is -0.443 e. The molecule has 2 aromatic heterocycles. The lowest BCUT2D eigenvalue weighted by Crippen LogP contribution is -2.37. The Kier molecular flexibility index (Phi) is 5.82. The second-order valence-corrected chi connectivity index (χ2v) is 8.85. The highest BCUT2D eigenvalue weighted by atomic mass is 19.1. The van der Waals surface area contributed by atoms with Crippen LogP contribution in [0.4, 0.5) is 14.9 Å². The van der Waals surface area contributed by atoms with Gasteiger partial charge in [0.15, 0.2) is 0 Å². The highest BCUT2D eigenvalue weighted by molar-refractivity contribution is 6.08. The molecule has 10 nitrogen and oxygen atoms in total. The fourth-order valence-electron chi connectivity index (χ4n) is 3.66. The number of nitrogens with one attached hydrogen (secondary N) is 1. The maximum Gasteiger partial charge on any atom is 0.417 e. The molecule has 0 atom stereocenters. The summed E-state index contributed by atoms with van der Waals surface area (Å²) in [6, 6.07) is 7.43. The van der Waals surface area contributed by atoms with Crippen molar-refractivity contribution in [3.63, 3.8) is 0 Å². The molecule has 1 aromatic carbocycles. The Balaban J connectivity index is 1.89. The Morgan fingerprint density at radius 1 is 1.26 bits per heavy atom. The summed E-state index contributed by atoms with van der Waals surface area (Å²) in [4.78, 5) is 42.8. The lowest BCUT2D eigenvalue weighted by Gasteiger charge is -2.23. The average molecular weight is 476 g/mol. The van der Waals surface area contributed by atoms with Crippen molar-refractivity contribution in [1.82, 2.24) is 19.7 Å². The molecule has 0 saturated heterocycles. The van der Waals surface area contributed by atoms with E-state index >= 15 is 0 Å². The highest BCUT2D eigenvalue weighted by Gasteiger charge is 2.39. The number of nitrogens with zero attached hydrogens (tertiary/aromatic N) is 5. The first-order valence-corrected chi connectivity index (χ1v) is 10.6. The third-order valence-corrected chi connectivity index (χ3v) is 4.99. The van der Waals surface area contributed by atoms with Crippen LogP contribution in [-0.2, 0) is 16.1 Å². The summed E-state index contributed by atoms with van der Waals surface area (Å²) in [5, 5.41) is 16.3. The highest BCUT2D eigenvalue weighted by Crippen LogP contribution is 2.34. The zero-order valence-electron chi connectivity index (χ0n) is 19.4. The number of carbonyl (C=O) groups is 3. The molecule has 11 heteroatoms. The van der Waals surface area contributed by atoms with Crippen molar-refractivity contribution in [2.45, 2.75) is 39.8 Å². The van der Waals surface area contributed by atoms with Gasteiger partial charge in [-0.05, 0) is 39.0 Å². The number of halogens is 1. The van der Waals surface area contributed by atoms with Crippen LogP contribution in [0.5, 0.6) is 0 Å². The van der Waals surface area contributed by atoms with Crippen molar-refractivity contribution in [3.05, 3.63) is 59.3 Å². The minimum absolute atomic E-state index is 0.0449. The Hall–Kier alpha value is -4.59. The van der Waals surface area contributed by atoms with Crippen LogP contribution in [0.2, 0.25) is 0 Å². The van der Waals surface area contributed by atoms with Gasteiger partial charge in [0.2, 0.25) is 5.91 Å². The largest absolute Gasteiger partial charge is 0.443 e. The van der Waals surface area contributed by atoms with Crippen LogP contribution in [0, 0.1) is 17.1 Å². The van der Waals surface area contributed by atoms with Gasteiger partial charge in [0.05, 0.1) is 64.5 Å². The quantitative estimate of drug-likeness (QED) is 0.608. The van der Waals surface area contributed by atoms with Crippen molar-refractivity contribution < 1.29 is 23.5 Å². The topological polar surface area (TPSA) is 130 Å². The number of amides is 3. The predicted molar refractivity (Wildman–Crippen MR) is 122 cm³/mol. The Morgan fingerprint density at radius 3 is 2.66 bits per heavy atom. The van der Waals surface area contributed by atoms with Crippen LogP contribution in [0.15, 0.2) is 36.7 Å². The van der Waals surface area contributed by atoms with Gasteiger partial charge in [-0.1, -0.05) is 6.07 Å². The number of nitriles is 1. The molecule has 0 unspecified atom stereocenters. The second-order valence-electron chi connectivity index (χ2n) is 8.85. The van der Waals surface area contributed by atoms with Gasteiger partial charge >= 0.3 is 6.09 Å². The third-order valence-electron chi connectivity index (χ3n) is 4.99. The van der Waals surface area contributed by atoms with Gasteiger partial charge in [0.1, 0.15) is 11.4 Å². The van der Waals surface area contributed by atoms with Crippen LogP contribution in [0.3, 0.4) is 0 Å². The number of benzene rings is 1. The summed E-state index contributed by atoms with van der Waals surface area (Å²) in [5.74, 6) is -1.65. The van der Waals surface area contributed by atoms with Crippen molar-refractivity contribution in [2.75, 3.05) is 5.32 Å². The maximum atomic E-state index is 14.8. The van der Waals surface area contributed by atoms with Crippen LogP contribution in [0.25, 0.3) is 16.9 Å². The average Bonchev–Trinajstić information content (AvgIpc) is 3.35. The molecule has 3 aromatic rings. The second kappa shape index (κ2) is 8.64. The van der Waals surface area contributed by atoms with Gasteiger partial charge in [-0.3, -0.25) is 9.59 Å². The number of carbonyl (C=O) groups excluding carboxylic acids is 3. The number of ether oxygens (including phenoxy) is 1. The van der Waals surface area contributed by atoms with Gasteiger partial charge in [-0.25, -0.2) is 23.8 Å². The summed E-state index contributed by atoms with van der Waals surface area (Å²) < 4.78 is 21.5. The molecule has 0 spiro atoms. The van der Waals surface area contributed by atoms with Crippen molar-refractivity contribution in [1.29, 1.82) is 5.26 Å². The van der Waals surface area contributed by atoms with E-state index in [-0.39, 0.29) is 46.2 Å². The number of hydrogen-bond donors (Lipinski definition) is 1. The third kappa shape index (κ3) is 4.59. The van der Waals surface area contributed by atoms with Crippen molar-refractivity contribution in [3.8, 4) is 23.0 Å². The molecule has 0 aliphatic carbocycles. The van der Waals surface area contributed by atoms with Gasteiger partial charge in [0.25, 0.3) is 5.91 Å². The lowest BCUT2D eigenvalue weighted by molar-refractivity contribution is -0.114. The monoisotopic (exact) mass is 476 g/mol. The number of pyridine rings is 1. The summed E-state index contributed by atoms with van der Waals surface area (Å²) in [5.41, 5.74) is 0.0883. The molecule has 3 heterocycles. The molecular weight excluding hydrogens is 455 g/mol. The maximum absolute atomic E-state index is 14.8. The normalized spacial score (nSPS) is 12.8. The van der Waals surface area contributed by atoms with E-state index in [0.717, 1.165) is 4.90 Å². The van der Waals surface area contributed by atoms with E-state index in [2.05, 4.69) is 15.4 Å². The van der Waals surface area contributed by atoms with E-state index in [1.54, 1.807) is 20.8 Å². The Morgan fingerprint density at radius 2 is 2.00 bits per heavy atom. The van der Waals surface area contributed by atoms with E-state index in [4.69, 9.17) is 4.74 Å². The molecule has 0 radical (unpaired) electrons. The number of hydrogen-bond acceptors (Lipinski definition) is 7. The van der Waals surface area contributed by atoms with Gasteiger partial charge in [0, 0.05) is 6.92 Å². The summed E-state index contributed by atoms with van der Waals surface area (Å²) in [7, 11) is 0. The van der Waals surface area contributed by atoms with E-state index in [1.165, 1.54) is 48.3 Å². The van der Waals surface area contributed by atoms with Crippen LogP contribution < -0.4 is 5.32 Å². The Labute approximate surface area is 199 Å². The Bertz CT molecular complexity index is 1420. The molecule has 1 aliphatic rings. The van der Waals surface area contributed by atoms with E-state index in [0.29, 0.717) is 5.69 Å². The van der Waals surface area contributed by atoms with E-state index < -0.39 is 23.4 Å². The number of aromatic nitrogens is 3. The van der Waals surface area contributed by atoms with Crippen LogP contribution in [-0.4, -0.2) is 43.2 Å². The first-order valence-electron chi connectivity index (χ1n) is 10.6. The number of rotatable bonds is 3. The predicted octanol–water partition coefficient (Wildman–Crippen LogP) is 3.79. The van der Waals surface area contributed by atoms with Crippen molar-refractivity contribution in [2.24, 2.45) is 0 Å². The standard InChI is InChI=1S/C24H21FN6O4/c1-13(32)28-15-10-27-31(11-15)19-8-17(20-14(9-26)6-5-7-16(20)25)29-18-12-30(22(33)21(18)19)23(34)35-24(2,3)4/h5-8,10-11H,12H2,1-4H3,(H,28,32). The molecule has 0 bridgehead atoms. The molecule has 3 amide bonds. The fraction of sp³-hybridized carbons (Fsp3) is 0.250. The van der Waals surface area contributed by atoms with E-state index in [1.807, 2.05) is 6.07 Å². The SMILES string of the molecule is CC(=O)Nc1cnn(-c2cc(-c3c(F)cccc3C#N)nc3c2C(=O)N(C(=O)OC(C)(C)C)C3)c1. The first-order chi connectivity index (χ1) is 16.5. The van der Waals surface area contributed by atoms with Crippen LogP contribution in [0.1, 0.15) is 49.3 Å². The number of anilines is 1. The van der Waals surface area contributed by atoms with E-state index in [9.17, 15) is 24.0 Å². The zero-order chi connectivity index (χ0) is 25.5. The summed E-state index contributed by atoms with van der Waals surface area (Å²) in [6.45, 7) is 6.16. The van der Waals surface area contributed by atoms with Gasteiger partial charge in [-0.2, -0.15) is 10.4 Å². The molecule has 0 fully saturated rings. The molecule has 1 N–H and O–H groups in total. The summed E-state index contributed by atoms with van der Waals surface area (Å²) in [6.07, 6.45) is 2.00. The van der Waals surface area contributed by atoms with Gasteiger partial charge in [-0.15, -0.1) is 0 Å². The molecule has 0 saturated carbocycles. The lowest BCUT2D eigenvalue weighted by atomic mass is 10.0. The molecule has 35 heavy (non-hydrogen) atoms. The minimum atomic E-state index is -0.851. The molecule has 1 aliphatic heterocycles. The van der Waals surface area contributed by atoms with Crippen LogP contribution >= 0.6 is 0 Å². The number of imide groups is 1. The molecular formula is C24H21FN6O4. The molecule has 178 valence electrons. The van der Waals surface area contributed by atoms with Crippen molar-refractivity contribution >= 4 is 23.6 Å². The van der Waals surface area contributed by atoms with Gasteiger partial charge < -0.3 is 10.1 Å². The first kappa shape index (κ1) is 23.6. The molecule has 4 rings (SSSR count). The summed E-state index contributed by atoms with van der Waals surface area (Å²) >= 11 is 0. The number of fused-ring (bicyclic) bond motifs is 1. The zero-order valence-corrected chi connectivity index (χ0v) is 19.4. The smallest absolute Gasteiger partial charge is 0.417 e. The fourth-order valence-corrected chi connectivity index (χ4v) is 3.66.